The lowest BCUT2D eigenvalue weighted by atomic mass is 10.6. The van der Waals surface area contributed by atoms with Crippen molar-refractivity contribution in [3.63, 3.8) is 0 Å². The van der Waals surface area contributed by atoms with Gasteiger partial charge in [0, 0.05) is 6.20 Å². The van der Waals surface area contributed by atoms with Gasteiger partial charge in [-0.25, -0.2) is 4.79 Å². The zero-order valence-corrected chi connectivity index (χ0v) is 6.70. The highest BCUT2D eigenvalue weighted by Gasteiger charge is 2.36. The molecule has 5 heteroatoms. The van der Waals surface area contributed by atoms with Gasteiger partial charge in [-0.05, 0) is 21.3 Å². The number of carbonyl (C=O) groups is 1. The molecule has 0 aliphatic carbocycles. The van der Waals surface area contributed by atoms with E-state index in [2.05, 4.69) is 21.2 Å². The van der Waals surface area contributed by atoms with Crippen LogP contribution in [0.1, 0.15) is 0 Å². The number of thioether (sulfide) groups is 1. The molecule has 1 aliphatic rings. The summed E-state index contributed by atoms with van der Waals surface area (Å²) in [7, 11) is 0. The van der Waals surface area contributed by atoms with Gasteiger partial charge in [-0.3, -0.25) is 0 Å². The van der Waals surface area contributed by atoms with Crippen molar-refractivity contribution in [2.75, 3.05) is 0 Å². The highest BCUT2D eigenvalue weighted by atomic mass is 79.9. The minimum atomic E-state index is -1.02. The van der Waals surface area contributed by atoms with Gasteiger partial charge in [-0.1, -0.05) is 11.8 Å². The molecule has 0 amide bonds. The zero-order valence-electron chi connectivity index (χ0n) is 4.30. The van der Waals surface area contributed by atoms with Gasteiger partial charge >= 0.3 is 5.97 Å². The topological polar surface area (TPSA) is 49.3 Å². The number of nitrogens with one attached hydrogen (secondary N) is 1. The van der Waals surface area contributed by atoms with E-state index >= 15 is 0 Å². The summed E-state index contributed by atoms with van der Waals surface area (Å²) in [5, 5.41) is 12.8. The van der Waals surface area contributed by atoms with Crippen LogP contribution in [0.15, 0.2) is 11.6 Å². The molecule has 1 rings (SSSR count). The normalized spacial score (nSPS) is 32.1. The minimum absolute atomic E-state index is 0.919. The summed E-state index contributed by atoms with van der Waals surface area (Å²) >= 11 is 4.18. The van der Waals surface area contributed by atoms with Crippen LogP contribution in [0, 0.1) is 0 Å². The van der Waals surface area contributed by atoms with Crippen molar-refractivity contribution < 1.29 is 9.90 Å². The highest BCUT2D eigenvalue weighted by Crippen LogP contribution is 2.34. The van der Waals surface area contributed by atoms with Crippen molar-refractivity contribution in [1.29, 1.82) is 0 Å². The molecule has 1 heterocycles. The van der Waals surface area contributed by atoms with E-state index in [0.717, 1.165) is 0 Å². The third kappa shape index (κ3) is 1.21. The van der Waals surface area contributed by atoms with Crippen LogP contribution in [0.25, 0.3) is 0 Å². The lowest BCUT2D eigenvalue weighted by molar-refractivity contribution is -0.137. The van der Waals surface area contributed by atoms with E-state index in [1.807, 2.05) is 0 Å². The first kappa shape index (κ1) is 6.95. The second-order valence-corrected chi connectivity index (χ2v) is 4.30. The Balaban J connectivity index is 2.66. The van der Waals surface area contributed by atoms with Gasteiger partial charge in [0.15, 0.2) is 0 Å². The van der Waals surface area contributed by atoms with Gasteiger partial charge in [0.05, 0.1) is 0 Å². The Morgan fingerprint density at radius 3 is 2.78 bits per heavy atom. The molecule has 1 aliphatic heterocycles. The highest BCUT2D eigenvalue weighted by molar-refractivity contribution is 9.12. The average Bonchev–Trinajstić information content (AvgIpc) is 2.16. The summed E-state index contributed by atoms with van der Waals surface area (Å²) in [4.78, 5) is 10.4. The van der Waals surface area contributed by atoms with Crippen molar-refractivity contribution in [2.45, 2.75) is 3.78 Å². The van der Waals surface area contributed by atoms with Crippen LogP contribution in [-0.2, 0) is 4.79 Å². The van der Waals surface area contributed by atoms with E-state index in [0.29, 0.717) is 0 Å². The molecule has 0 saturated heterocycles. The molecule has 3 nitrogen and oxygen atoms in total. The van der Waals surface area contributed by atoms with Crippen LogP contribution in [0.2, 0.25) is 0 Å². The van der Waals surface area contributed by atoms with E-state index in [1.54, 1.807) is 11.6 Å². The van der Waals surface area contributed by atoms with Gasteiger partial charge in [-0.15, -0.1) is 0 Å². The van der Waals surface area contributed by atoms with Crippen LogP contribution in [0.3, 0.4) is 0 Å². The Morgan fingerprint density at radius 1 is 1.89 bits per heavy atom. The Bertz CT molecular complexity index is 162. The lowest BCUT2D eigenvalue weighted by Gasteiger charge is -2.14. The molecule has 0 saturated carbocycles. The van der Waals surface area contributed by atoms with E-state index in [4.69, 9.17) is 5.11 Å². The van der Waals surface area contributed by atoms with E-state index in [9.17, 15) is 4.79 Å². The van der Waals surface area contributed by atoms with Gasteiger partial charge in [-0.2, -0.15) is 0 Å². The average molecular weight is 210 g/mol. The summed E-state index contributed by atoms with van der Waals surface area (Å²) in [5.41, 5.74) is 0. The number of hydrogen-bond acceptors (Lipinski definition) is 3. The summed E-state index contributed by atoms with van der Waals surface area (Å²) in [6, 6.07) is 0. The molecule has 50 valence electrons. The van der Waals surface area contributed by atoms with Crippen LogP contribution in [0.5, 0.6) is 0 Å². The fourth-order valence-corrected chi connectivity index (χ4v) is 1.43. The third-order valence-corrected chi connectivity index (χ3v) is 2.86. The van der Waals surface area contributed by atoms with Crippen molar-refractivity contribution in [1.82, 2.24) is 5.32 Å². The van der Waals surface area contributed by atoms with Crippen molar-refractivity contribution in [3.8, 4) is 0 Å². The maximum atomic E-state index is 10.4. The Morgan fingerprint density at radius 2 is 2.56 bits per heavy atom. The van der Waals surface area contributed by atoms with Crippen LogP contribution >= 0.6 is 27.7 Å². The smallest absolute Gasteiger partial charge is 0.351 e. The van der Waals surface area contributed by atoms with E-state index in [1.165, 1.54) is 11.8 Å². The molecule has 0 fully saturated rings. The molecule has 0 aromatic heterocycles. The SMILES string of the molecule is O=C(O)C1(Br)NC=CS1. The lowest BCUT2D eigenvalue weighted by Crippen LogP contribution is -2.37. The predicted octanol–water partition coefficient (Wildman–Crippen LogP) is 0.927. The minimum Gasteiger partial charge on any atom is -0.478 e. The number of alkyl halides is 1. The van der Waals surface area contributed by atoms with Crippen LogP contribution in [-0.4, -0.2) is 14.9 Å². The molecule has 1 atom stereocenters. The number of aliphatic carboxylic acids is 1. The van der Waals surface area contributed by atoms with Gasteiger partial charge in [0.25, 0.3) is 0 Å². The van der Waals surface area contributed by atoms with Crippen molar-refractivity contribution >= 4 is 33.7 Å². The van der Waals surface area contributed by atoms with Gasteiger partial charge in [0.2, 0.25) is 3.78 Å². The summed E-state index contributed by atoms with van der Waals surface area (Å²) in [6.07, 6.45) is 1.59. The molecular weight excluding hydrogens is 206 g/mol. The molecule has 0 aromatic carbocycles. The largest absolute Gasteiger partial charge is 0.478 e. The molecular formula is C4H4BrNO2S. The standard InChI is InChI=1S/C4H4BrNO2S/c5-4(3(7)8)6-1-2-9-4/h1-2,6H,(H,7,8). The zero-order chi connectivity index (χ0) is 6.91. The number of halogens is 1. The molecule has 9 heavy (non-hydrogen) atoms. The first-order valence-corrected chi connectivity index (χ1v) is 3.85. The quantitative estimate of drug-likeness (QED) is 0.499. The Kier molecular flexibility index (Phi) is 1.72. The summed E-state index contributed by atoms with van der Waals surface area (Å²) in [6.45, 7) is 0. The molecule has 0 radical (unpaired) electrons. The molecule has 0 spiro atoms. The second kappa shape index (κ2) is 2.22. The van der Waals surface area contributed by atoms with Crippen molar-refractivity contribution in [2.24, 2.45) is 0 Å². The molecule has 2 N–H and O–H groups in total. The maximum Gasteiger partial charge on any atom is 0.351 e. The maximum absolute atomic E-state index is 10.4. The third-order valence-electron chi connectivity index (χ3n) is 0.843. The predicted molar refractivity (Wildman–Crippen MR) is 39.2 cm³/mol. The Hall–Kier alpha value is -0.160. The second-order valence-electron chi connectivity index (χ2n) is 1.47. The Labute approximate surface area is 64.6 Å². The summed E-state index contributed by atoms with van der Waals surface area (Å²) in [5.74, 6) is -0.919. The number of carboxylic acids is 1. The fraction of sp³-hybridized carbons (Fsp3) is 0.250. The fourth-order valence-electron chi connectivity index (χ4n) is 0.415. The van der Waals surface area contributed by atoms with Crippen LogP contribution < -0.4 is 5.32 Å². The van der Waals surface area contributed by atoms with Crippen molar-refractivity contribution in [3.05, 3.63) is 11.6 Å². The van der Waals surface area contributed by atoms with Gasteiger partial charge < -0.3 is 10.4 Å². The van der Waals surface area contributed by atoms with Crippen LogP contribution in [0.4, 0.5) is 0 Å². The molecule has 1 unspecified atom stereocenters. The molecule has 0 bridgehead atoms. The number of carboxylic acid groups (broad SMARTS) is 1. The first-order chi connectivity index (χ1) is 4.15. The van der Waals surface area contributed by atoms with Gasteiger partial charge in [0.1, 0.15) is 0 Å². The van der Waals surface area contributed by atoms with E-state index in [-0.39, 0.29) is 0 Å². The number of rotatable bonds is 1. The molecule has 0 aromatic rings. The summed E-state index contributed by atoms with van der Waals surface area (Å²) < 4.78 is -1.02. The first-order valence-electron chi connectivity index (χ1n) is 2.18. The monoisotopic (exact) mass is 209 g/mol. The number of hydrogen-bond donors (Lipinski definition) is 2. The van der Waals surface area contributed by atoms with E-state index < -0.39 is 9.75 Å².